The van der Waals surface area contributed by atoms with Gasteiger partial charge >= 0.3 is 5.97 Å². The van der Waals surface area contributed by atoms with Crippen LogP contribution in [0.3, 0.4) is 0 Å². The molecule has 5 heteroatoms. The van der Waals surface area contributed by atoms with E-state index in [1.165, 1.54) is 0 Å². The fraction of sp³-hybridized carbons (Fsp3) is 0.500. The van der Waals surface area contributed by atoms with Gasteiger partial charge in [-0.3, -0.25) is 4.79 Å². The molecule has 0 saturated carbocycles. The van der Waals surface area contributed by atoms with E-state index in [1.807, 2.05) is 25.7 Å². The smallest absolute Gasteiger partial charge is 0.333 e. The molecule has 0 aliphatic carbocycles. The standard InChI is InChI=1S/C9H17NO2.C3H5NO/c1-4-8(9(11)12)7-10(5-2)6-3;1-2-3(4)5/h7H,4-6H2,1-3H3,(H,11,12);2H,1H2,(H2,4,5). The van der Waals surface area contributed by atoms with Crippen LogP contribution in [0.15, 0.2) is 24.4 Å². The minimum Gasteiger partial charge on any atom is -0.478 e. The van der Waals surface area contributed by atoms with Gasteiger partial charge in [-0.25, -0.2) is 4.79 Å². The summed E-state index contributed by atoms with van der Waals surface area (Å²) in [6.45, 7) is 10.7. The summed E-state index contributed by atoms with van der Waals surface area (Å²) in [5.74, 6) is -1.30. The van der Waals surface area contributed by atoms with Crippen LogP contribution in [0.4, 0.5) is 0 Å². The van der Waals surface area contributed by atoms with Gasteiger partial charge in [0.1, 0.15) is 0 Å². The van der Waals surface area contributed by atoms with Gasteiger partial charge in [0.05, 0.1) is 5.57 Å². The molecule has 0 radical (unpaired) electrons. The van der Waals surface area contributed by atoms with Crippen LogP contribution in [0.1, 0.15) is 27.2 Å². The Hall–Kier alpha value is -1.78. The van der Waals surface area contributed by atoms with Crippen molar-refractivity contribution in [3.63, 3.8) is 0 Å². The monoisotopic (exact) mass is 242 g/mol. The molecule has 1 amide bonds. The van der Waals surface area contributed by atoms with E-state index in [0.29, 0.717) is 12.0 Å². The number of carbonyl (C=O) groups excluding carboxylic acids is 1. The molecule has 0 fully saturated rings. The van der Waals surface area contributed by atoms with Crippen molar-refractivity contribution >= 4 is 11.9 Å². The molecule has 17 heavy (non-hydrogen) atoms. The number of primary amides is 1. The quantitative estimate of drug-likeness (QED) is 0.689. The highest BCUT2D eigenvalue weighted by atomic mass is 16.4. The summed E-state index contributed by atoms with van der Waals surface area (Å²) in [5, 5.41) is 8.72. The lowest BCUT2D eigenvalue weighted by Gasteiger charge is -2.16. The van der Waals surface area contributed by atoms with Gasteiger partial charge in [0.2, 0.25) is 5.91 Å². The lowest BCUT2D eigenvalue weighted by molar-refractivity contribution is -0.132. The summed E-state index contributed by atoms with van der Waals surface area (Å²) in [6, 6.07) is 0. The van der Waals surface area contributed by atoms with Crippen molar-refractivity contribution in [1.29, 1.82) is 0 Å². The Balaban J connectivity index is 0. The second-order valence-corrected chi connectivity index (χ2v) is 3.14. The van der Waals surface area contributed by atoms with Gasteiger partial charge in [-0.15, -0.1) is 0 Å². The van der Waals surface area contributed by atoms with Crippen LogP contribution < -0.4 is 5.73 Å². The van der Waals surface area contributed by atoms with Gasteiger partial charge in [0.25, 0.3) is 0 Å². The number of rotatable bonds is 6. The van der Waals surface area contributed by atoms with E-state index in [4.69, 9.17) is 5.11 Å². The van der Waals surface area contributed by atoms with Crippen LogP contribution >= 0.6 is 0 Å². The Morgan fingerprint density at radius 1 is 1.29 bits per heavy atom. The number of nitrogens with two attached hydrogens (primary N) is 1. The normalized spacial score (nSPS) is 9.94. The maximum absolute atomic E-state index is 10.6. The van der Waals surface area contributed by atoms with E-state index in [1.54, 1.807) is 6.20 Å². The zero-order valence-electron chi connectivity index (χ0n) is 10.8. The summed E-state index contributed by atoms with van der Waals surface area (Å²) in [5.41, 5.74) is 5.01. The Labute approximate surface area is 103 Å². The molecule has 0 unspecified atom stereocenters. The fourth-order valence-electron chi connectivity index (χ4n) is 0.924. The molecule has 0 aliphatic rings. The highest BCUT2D eigenvalue weighted by molar-refractivity contribution is 5.86. The second-order valence-electron chi connectivity index (χ2n) is 3.14. The second kappa shape index (κ2) is 10.7. The average molecular weight is 242 g/mol. The van der Waals surface area contributed by atoms with E-state index in [2.05, 4.69) is 12.3 Å². The average Bonchev–Trinajstić information content (AvgIpc) is 2.31. The van der Waals surface area contributed by atoms with E-state index in [9.17, 15) is 9.59 Å². The number of amides is 1. The van der Waals surface area contributed by atoms with E-state index in [0.717, 1.165) is 19.2 Å². The van der Waals surface area contributed by atoms with Crippen LogP contribution in [-0.2, 0) is 9.59 Å². The van der Waals surface area contributed by atoms with Crippen LogP contribution in [0.25, 0.3) is 0 Å². The molecule has 0 bridgehead atoms. The zero-order chi connectivity index (χ0) is 13.8. The Morgan fingerprint density at radius 3 is 1.88 bits per heavy atom. The first-order valence-electron chi connectivity index (χ1n) is 5.52. The van der Waals surface area contributed by atoms with Crippen molar-refractivity contribution in [2.24, 2.45) is 5.73 Å². The van der Waals surface area contributed by atoms with E-state index in [-0.39, 0.29) is 0 Å². The predicted octanol–water partition coefficient (Wildman–Crippen LogP) is 1.36. The SMILES string of the molecule is C=CC(N)=O.CCC(=CN(CC)CC)C(=O)O. The number of carbonyl (C=O) groups is 2. The molecule has 0 spiro atoms. The molecule has 0 atom stereocenters. The van der Waals surface area contributed by atoms with Gasteiger partial charge in [0, 0.05) is 19.3 Å². The molecule has 5 nitrogen and oxygen atoms in total. The maximum Gasteiger partial charge on any atom is 0.333 e. The van der Waals surface area contributed by atoms with Crippen molar-refractivity contribution in [3.8, 4) is 0 Å². The summed E-state index contributed by atoms with van der Waals surface area (Å²) >= 11 is 0. The first-order valence-corrected chi connectivity index (χ1v) is 5.52. The molecule has 0 heterocycles. The minimum atomic E-state index is -0.815. The van der Waals surface area contributed by atoms with E-state index >= 15 is 0 Å². The number of hydrogen-bond acceptors (Lipinski definition) is 3. The van der Waals surface area contributed by atoms with Crippen LogP contribution in [0.5, 0.6) is 0 Å². The van der Waals surface area contributed by atoms with E-state index < -0.39 is 11.9 Å². The number of carboxylic acids is 1. The van der Waals surface area contributed by atoms with Gasteiger partial charge in [0.15, 0.2) is 0 Å². The van der Waals surface area contributed by atoms with Crippen molar-refractivity contribution in [3.05, 3.63) is 24.4 Å². The molecule has 0 aromatic heterocycles. The number of aliphatic carboxylic acids is 1. The van der Waals surface area contributed by atoms with Gasteiger partial charge in [-0.2, -0.15) is 0 Å². The maximum atomic E-state index is 10.6. The first kappa shape index (κ1) is 17.6. The van der Waals surface area contributed by atoms with Gasteiger partial charge in [-0.1, -0.05) is 13.5 Å². The first-order chi connectivity index (χ1) is 7.92. The molecule has 0 saturated heterocycles. The molecular weight excluding hydrogens is 220 g/mol. The number of carboxylic acid groups (broad SMARTS) is 1. The summed E-state index contributed by atoms with van der Waals surface area (Å²) in [4.78, 5) is 22.1. The fourth-order valence-corrected chi connectivity index (χ4v) is 0.924. The lowest BCUT2D eigenvalue weighted by Crippen LogP contribution is -2.18. The van der Waals surface area contributed by atoms with Crippen molar-refractivity contribution in [2.75, 3.05) is 13.1 Å². The molecule has 3 N–H and O–H groups in total. The van der Waals surface area contributed by atoms with Gasteiger partial charge in [-0.05, 0) is 26.3 Å². The highest BCUT2D eigenvalue weighted by Crippen LogP contribution is 2.02. The van der Waals surface area contributed by atoms with Gasteiger partial charge < -0.3 is 15.7 Å². The Bertz CT molecular complexity index is 281. The molecule has 0 aromatic carbocycles. The minimum absolute atomic E-state index is 0.471. The largest absolute Gasteiger partial charge is 0.478 e. The summed E-state index contributed by atoms with van der Waals surface area (Å²) < 4.78 is 0. The third kappa shape index (κ3) is 10.5. The third-order valence-corrected chi connectivity index (χ3v) is 2.01. The third-order valence-electron chi connectivity index (χ3n) is 2.01. The van der Waals surface area contributed by atoms with Crippen molar-refractivity contribution in [2.45, 2.75) is 27.2 Å². The Morgan fingerprint density at radius 2 is 1.71 bits per heavy atom. The summed E-state index contributed by atoms with van der Waals surface area (Å²) in [6.07, 6.45) is 3.36. The number of hydrogen-bond donors (Lipinski definition) is 2. The molecular formula is C12H22N2O3. The highest BCUT2D eigenvalue weighted by Gasteiger charge is 2.05. The number of nitrogens with zero attached hydrogens (tertiary/aromatic N) is 1. The lowest BCUT2D eigenvalue weighted by atomic mass is 10.2. The molecule has 0 rings (SSSR count). The van der Waals surface area contributed by atoms with Crippen LogP contribution in [0.2, 0.25) is 0 Å². The zero-order valence-corrected chi connectivity index (χ0v) is 10.8. The summed E-state index contributed by atoms with van der Waals surface area (Å²) in [7, 11) is 0. The molecule has 98 valence electrons. The molecule has 0 aromatic rings. The van der Waals surface area contributed by atoms with Crippen LogP contribution in [-0.4, -0.2) is 35.0 Å². The molecule has 0 aliphatic heterocycles. The van der Waals surface area contributed by atoms with Crippen molar-refractivity contribution in [1.82, 2.24) is 4.90 Å². The van der Waals surface area contributed by atoms with Crippen LogP contribution in [0, 0.1) is 0 Å². The topological polar surface area (TPSA) is 83.6 Å². The predicted molar refractivity (Wildman–Crippen MR) is 68.3 cm³/mol. The Kier molecular flexibility index (Phi) is 11.1. The van der Waals surface area contributed by atoms with Crippen molar-refractivity contribution < 1.29 is 14.7 Å².